The van der Waals surface area contributed by atoms with E-state index in [0.717, 1.165) is 38.3 Å². The minimum Gasteiger partial charge on any atom is -0.373 e. The Morgan fingerprint density at radius 1 is 1.04 bits per heavy atom. The van der Waals surface area contributed by atoms with Crippen LogP contribution >= 0.6 is 11.6 Å². The maximum absolute atomic E-state index is 12.1. The van der Waals surface area contributed by atoms with Crippen LogP contribution in [-0.2, 0) is 4.79 Å². The highest BCUT2D eigenvalue weighted by atomic mass is 35.5. The smallest absolute Gasteiger partial charge is 0.138 e. The first-order valence-electron chi connectivity index (χ1n) is 8.25. The first-order chi connectivity index (χ1) is 10.9. The first kappa shape index (κ1) is 18.0. The highest BCUT2D eigenvalue weighted by Gasteiger charge is 2.24. The summed E-state index contributed by atoms with van der Waals surface area (Å²) in [6.07, 6.45) is 0. The molecule has 0 radical (unpaired) electrons. The van der Waals surface area contributed by atoms with Crippen LogP contribution < -0.4 is 0 Å². The fourth-order valence-electron chi connectivity index (χ4n) is 3.00. The van der Waals surface area contributed by atoms with Crippen LogP contribution in [0.25, 0.3) is 0 Å². The molecule has 1 aliphatic heterocycles. The van der Waals surface area contributed by atoms with E-state index in [2.05, 4.69) is 30.6 Å². The Hall–Kier alpha value is -1.32. The number of carbonyl (C=O) groups excluding carboxylic acids is 1. The van der Waals surface area contributed by atoms with E-state index >= 15 is 0 Å². The number of allylic oxidation sites excluding steroid dienone is 2. The molecule has 0 bridgehead atoms. The SMILES string of the molecule is CC(=O)C(CN1CCN(C(C)=C(C)C)CC1)c1ccc(Cl)cc1. The minimum atomic E-state index is -0.0663. The van der Waals surface area contributed by atoms with Gasteiger partial charge < -0.3 is 4.90 Å². The quantitative estimate of drug-likeness (QED) is 0.814. The lowest BCUT2D eigenvalue weighted by molar-refractivity contribution is -0.119. The van der Waals surface area contributed by atoms with Crippen LogP contribution in [0.2, 0.25) is 5.02 Å². The van der Waals surface area contributed by atoms with E-state index in [4.69, 9.17) is 11.6 Å². The largest absolute Gasteiger partial charge is 0.373 e. The van der Waals surface area contributed by atoms with Crippen LogP contribution in [-0.4, -0.2) is 48.3 Å². The standard InChI is InChI=1S/C19H27ClN2O/c1-14(2)15(3)22-11-9-21(10-12-22)13-19(16(4)23)17-5-7-18(20)8-6-17/h5-8,19H,9-13H2,1-4H3. The van der Waals surface area contributed by atoms with Gasteiger partial charge in [0, 0.05) is 43.4 Å². The zero-order chi connectivity index (χ0) is 17.0. The van der Waals surface area contributed by atoms with E-state index in [1.54, 1.807) is 6.92 Å². The summed E-state index contributed by atoms with van der Waals surface area (Å²) < 4.78 is 0. The van der Waals surface area contributed by atoms with Gasteiger partial charge >= 0.3 is 0 Å². The van der Waals surface area contributed by atoms with Gasteiger partial charge in [-0.1, -0.05) is 29.3 Å². The Balaban J connectivity index is 1.99. The van der Waals surface area contributed by atoms with Crippen molar-refractivity contribution >= 4 is 17.4 Å². The summed E-state index contributed by atoms with van der Waals surface area (Å²) in [6.45, 7) is 13.1. The van der Waals surface area contributed by atoms with Gasteiger partial charge in [-0.25, -0.2) is 0 Å². The van der Waals surface area contributed by atoms with Gasteiger partial charge in [0.05, 0.1) is 5.92 Å². The number of nitrogens with zero attached hydrogens (tertiary/aromatic N) is 2. The Morgan fingerprint density at radius 2 is 1.61 bits per heavy atom. The highest BCUT2D eigenvalue weighted by molar-refractivity contribution is 6.30. The van der Waals surface area contributed by atoms with E-state index in [0.29, 0.717) is 5.02 Å². The molecule has 0 saturated carbocycles. The third-order valence-corrected chi connectivity index (χ3v) is 5.03. The number of halogens is 1. The van der Waals surface area contributed by atoms with Crippen LogP contribution in [0, 0.1) is 0 Å². The lowest BCUT2D eigenvalue weighted by Gasteiger charge is -2.38. The minimum absolute atomic E-state index is 0.0663. The molecule has 1 atom stereocenters. The number of Topliss-reactive ketones (excluding diaryl/α,β-unsaturated/α-hetero) is 1. The highest BCUT2D eigenvalue weighted by Crippen LogP contribution is 2.22. The molecule has 0 spiro atoms. The number of hydrogen-bond donors (Lipinski definition) is 0. The lowest BCUT2D eigenvalue weighted by atomic mass is 9.94. The maximum atomic E-state index is 12.1. The molecule has 2 rings (SSSR count). The predicted octanol–water partition coefficient (Wildman–Crippen LogP) is 3.94. The molecule has 0 N–H and O–H groups in total. The predicted molar refractivity (Wildman–Crippen MR) is 96.9 cm³/mol. The van der Waals surface area contributed by atoms with Gasteiger partial charge in [-0.2, -0.15) is 0 Å². The molecule has 1 aliphatic rings. The summed E-state index contributed by atoms with van der Waals surface area (Å²) in [4.78, 5) is 16.9. The number of carbonyl (C=O) groups is 1. The molecule has 126 valence electrons. The Labute approximate surface area is 144 Å². The molecule has 1 fully saturated rings. The zero-order valence-electron chi connectivity index (χ0n) is 14.6. The van der Waals surface area contributed by atoms with E-state index in [1.165, 1.54) is 11.3 Å². The van der Waals surface area contributed by atoms with Crippen molar-refractivity contribution in [2.45, 2.75) is 33.6 Å². The third-order valence-electron chi connectivity index (χ3n) is 4.77. The van der Waals surface area contributed by atoms with Gasteiger partial charge in [0.25, 0.3) is 0 Å². The van der Waals surface area contributed by atoms with E-state index < -0.39 is 0 Å². The number of benzene rings is 1. The second-order valence-electron chi connectivity index (χ2n) is 6.59. The monoisotopic (exact) mass is 334 g/mol. The number of hydrogen-bond acceptors (Lipinski definition) is 3. The molecule has 1 aromatic carbocycles. The van der Waals surface area contributed by atoms with Crippen molar-refractivity contribution in [2.75, 3.05) is 32.7 Å². The molecule has 0 aliphatic carbocycles. The molecule has 1 heterocycles. The van der Waals surface area contributed by atoms with Crippen LogP contribution in [0.1, 0.15) is 39.2 Å². The van der Waals surface area contributed by atoms with Crippen molar-refractivity contribution in [3.63, 3.8) is 0 Å². The zero-order valence-corrected chi connectivity index (χ0v) is 15.4. The molecular weight excluding hydrogens is 308 g/mol. The third kappa shape index (κ3) is 4.82. The average Bonchev–Trinajstić information content (AvgIpc) is 2.53. The van der Waals surface area contributed by atoms with Gasteiger partial charge in [0.15, 0.2) is 0 Å². The van der Waals surface area contributed by atoms with Crippen molar-refractivity contribution in [2.24, 2.45) is 0 Å². The van der Waals surface area contributed by atoms with Crippen molar-refractivity contribution in [1.82, 2.24) is 9.80 Å². The topological polar surface area (TPSA) is 23.6 Å². The number of ketones is 1. The molecule has 1 unspecified atom stereocenters. The summed E-state index contributed by atoms with van der Waals surface area (Å²) in [5, 5.41) is 0.710. The van der Waals surface area contributed by atoms with Gasteiger partial charge in [0.2, 0.25) is 0 Å². The lowest BCUT2D eigenvalue weighted by Crippen LogP contribution is -2.47. The Morgan fingerprint density at radius 3 is 2.09 bits per heavy atom. The molecule has 0 aromatic heterocycles. The fourth-order valence-corrected chi connectivity index (χ4v) is 3.13. The first-order valence-corrected chi connectivity index (χ1v) is 8.63. The summed E-state index contributed by atoms with van der Waals surface area (Å²) in [5.74, 6) is 0.151. The molecule has 1 saturated heterocycles. The number of rotatable bonds is 5. The second kappa shape index (κ2) is 7.98. The van der Waals surface area contributed by atoms with Crippen molar-refractivity contribution in [3.05, 3.63) is 46.1 Å². The van der Waals surface area contributed by atoms with Crippen LogP contribution in [0.5, 0.6) is 0 Å². The van der Waals surface area contributed by atoms with Crippen LogP contribution in [0.15, 0.2) is 35.5 Å². The molecular formula is C19H27ClN2O. The second-order valence-corrected chi connectivity index (χ2v) is 7.02. The normalized spacial score (nSPS) is 17.0. The summed E-state index contributed by atoms with van der Waals surface area (Å²) in [5.41, 5.74) is 3.82. The van der Waals surface area contributed by atoms with Gasteiger partial charge in [0.1, 0.15) is 5.78 Å². The van der Waals surface area contributed by atoms with E-state index in [-0.39, 0.29) is 11.7 Å². The van der Waals surface area contributed by atoms with Gasteiger partial charge in [-0.3, -0.25) is 9.69 Å². The molecule has 1 aromatic rings. The average molecular weight is 335 g/mol. The Kier molecular flexibility index (Phi) is 6.25. The van der Waals surface area contributed by atoms with Crippen LogP contribution in [0.4, 0.5) is 0 Å². The summed E-state index contributed by atoms with van der Waals surface area (Å²) in [6, 6.07) is 7.67. The van der Waals surface area contributed by atoms with Crippen molar-refractivity contribution < 1.29 is 4.79 Å². The van der Waals surface area contributed by atoms with Gasteiger partial charge in [-0.05, 0) is 45.4 Å². The summed E-state index contributed by atoms with van der Waals surface area (Å²) >= 11 is 5.95. The fraction of sp³-hybridized carbons (Fsp3) is 0.526. The Bertz CT molecular complexity index is 568. The molecule has 23 heavy (non-hydrogen) atoms. The van der Waals surface area contributed by atoms with E-state index in [9.17, 15) is 4.79 Å². The summed E-state index contributed by atoms with van der Waals surface area (Å²) in [7, 11) is 0. The molecule has 4 heteroatoms. The van der Waals surface area contributed by atoms with Crippen molar-refractivity contribution in [1.29, 1.82) is 0 Å². The van der Waals surface area contributed by atoms with Crippen molar-refractivity contribution in [3.8, 4) is 0 Å². The maximum Gasteiger partial charge on any atom is 0.138 e. The number of piperazine rings is 1. The molecule has 3 nitrogen and oxygen atoms in total. The molecule has 0 amide bonds. The van der Waals surface area contributed by atoms with Gasteiger partial charge in [-0.15, -0.1) is 0 Å². The van der Waals surface area contributed by atoms with Crippen LogP contribution in [0.3, 0.4) is 0 Å². The van der Waals surface area contributed by atoms with E-state index in [1.807, 2.05) is 24.3 Å².